The van der Waals surface area contributed by atoms with Crippen LogP contribution in [0.1, 0.15) is 42.6 Å². The first-order valence-corrected chi connectivity index (χ1v) is 11.1. The fourth-order valence-corrected chi connectivity index (χ4v) is 4.93. The lowest BCUT2D eigenvalue weighted by Crippen LogP contribution is -2.50. The molecule has 0 amide bonds. The summed E-state index contributed by atoms with van der Waals surface area (Å²) in [6, 6.07) is 10.2. The van der Waals surface area contributed by atoms with Gasteiger partial charge in [-0.25, -0.2) is 0 Å². The van der Waals surface area contributed by atoms with Crippen molar-refractivity contribution in [3.8, 4) is 0 Å². The van der Waals surface area contributed by atoms with Gasteiger partial charge >= 0.3 is 6.18 Å². The second-order valence-corrected chi connectivity index (χ2v) is 9.21. The number of alkyl halides is 3. The monoisotopic (exact) mass is 448 g/mol. The van der Waals surface area contributed by atoms with E-state index in [4.69, 9.17) is 11.6 Å². The Morgan fingerprint density at radius 3 is 2.39 bits per heavy atom. The van der Waals surface area contributed by atoms with Crippen LogP contribution in [0.2, 0.25) is 5.02 Å². The van der Waals surface area contributed by atoms with Gasteiger partial charge in [0, 0.05) is 19.2 Å². The van der Waals surface area contributed by atoms with Gasteiger partial charge in [0.1, 0.15) is 5.82 Å². The molecule has 3 aromatic rings. The van der Waals surface area contributed by atoms with Crippen LogP contribution in [-0.4, -0.2) is 38.8 Å². The maximum absolute atomic E-state index is 14.1. The molecule has 0 N–H and O–H groups in total. The quantitative estimate of drug-likeness (QED) is 0.521. The number of halogens is 4. The molecule has 164 valence electrons. The van der Waals surface area contributed by atoms with Crippen molar-refractivity contribution in [2.45, 2.75) is 50.2 Å². The summed E-state index contributed by atoms with van der Waals surface area (Å²) < 4.78 is 44.3. The summed E-state index contributed by atoms with van der Waals surface area (Å²) in [6.45, 7) is 1.22. The molecule has 0 atom stereocenters. The molecule has 1 saturated carbocycles. The first-order valence-electron chi connectivity index (χ1n) is 10.7. The Morgan fingerprint density at radius 2 is 1.74 bits per heavy atom. The van der Waals surface area contributed by atoms with E-state index in [9.17, 15) is 13.2 Å². The number of piperidine rings is 1. The third kappa shape index (κ3) is 3.82. The van der Waals surface area contributed by atoms with E-state index in [0.717, 1.165) is 17.8 Å². The topological polar surface area (TPSA) is 33.4 Å². The van der Waals surface area contributed by atoms with E-state index in [2.05, 4.69) is 10.2 Å². The van der Waals surface area contributed by atoms with Crippen molar-refractivity contribution in [2.24, 2.45) is 5.92 Å². The molecule has 1 saturated heterocycles. The molecule has 0 bridgehead atoms. The number of hydrogen-bond donors (Lipinski definition) is 0. The molecule has 5 rings (SSSR count). The SMILES string of the molecule is FC(F)(F)C1(c2ccccc2)CCN(Cc2ccn3c(CC4CC4)nnc3c2Cl)CC1. The number of fused-ring (bicyclic) bond motifs is 1. The molecule has 0 radical (unpaired) electrons. The largest absolute Gasteiger partial charge is 0.398 e. The van der Waals surface area contributed by atoms with Crippen molar-refractivity contribution in [3.05, 3.63) is 64.6 Å². The summed E-state index contributed by atoms with van der Waals surface area (Å²) >= 11 is 6.62. The van der Waals surface area contributed by atoms with Crippen LogP contribution in [0, 0.1) is 5.92 Å². The van der Waals surface area contributed by atoms with Crippen molar-refractivity contribution < 1.29 is 13.2 Å². The normalized spacial score (nSPS) is 19.7. The fraction of sp³-hybridized carbons (Fsp3) is 0.478. The average molecular weight is 449 g/mol. The van der Waals surface area contributed by atoms with Gasteiger partial charge in [-0.3, -0.25) is 9.30 Å². The summed E-state index contributed by atoms with van der Waals surface area (Å²) in [4.78, 5) is 2.05. The molecule has 0 unspecified atom stereocenters. The minimum absolute atomic E-state index is 0.0385. The molecule has 8 heteroatoms. The lowest BCUT2D eigenvalue weighted by molar-refractivity contribution is -0.203. The average Bonchev–Trinajstić information content (AvgIpc) is 3.48. The molecular weight excluding hydrogens is 425 g/mol. The highest BCUT2D eigenvalue weighted by atomic mass is 35.5. The van der Waals surface area contributed by atoms with Gasteiger partial charge in [0.15, 0.2) is 5.65 Å². The zero-order chi connectivity index (χ0) is 21.6. The van der Waals surface area contributed by atoms with Gasteiger partial charge in [0.25, 0.3) is 0 Å². The maximum atomic E-state index is 14.1. The van der Waals surface area contributed by atoms with Crippen LogP contribution in [0.3, 0.4) is 0 Å². The standard InChI is InChI=1S/C23H24ClF3N4/c24-20-17(8-11-31-19(14-16-6-7-16)28-29-21(20)31)15-30-12-9-22(10-13-30,23(25,26)27)18-4-2-1-3-5-18/h1-5,8,11,16H,6-7,9-10,12-15H2. The fourth-order valence-electron chi connectivity index (χ4n) is 4.68. The molecule has 4 nitrogen and oxygen atoms in total. The van der Waals surface area contributed by atoms with Crippen LogP contribution >= 0.6 is 11.6 Å². The van der Waals surface area contributed by atoms with Crippen LogP contribution < -0.4 is 0 Å². The summed E-state index contributed by atoms with van der Waals surface area (Å²) in [5, 5.41) is 9.09. The van der Waals surface area contributed by atoms with Crippen molar-refractivity contribution >= 4 is 17.2 Å². The first kappa shape index (κ1) is 20.8. The molecular formula is C23H24ClF3N4. The highest BCUT2D eigenvalue weighted by molar-refractivity contribution is 6.34. The van der Waals surface area contributed by atoms with Gasteiger partial charge in [-0.15, -0.1) is 10.2 Å². The number of pyridine rings is 1. The van der Waals surface area contributed by atoms with E-state index in [-0.39, 0.29) is 12.8 Å². The van der Waals surface area contributed by atoms with Gasteiger partial charge < -0.3 is 0 Å². The zero-order valence-electron chi connectivity index (χ0n) is 17.1. The zero-order valence-corrected chi connectivity index (χ0v) is 17.8. The van der Waals surface area contributed by atoms with E-state index in [1.54, 1.807) is 30.3 Å². The number of rotatable bonds is 5. The number of likely N-dealkylation sites (tertiary alicyclic amines) is 1. The predicted octanol–water partition coefficient (Wildman–Crippen LogP) is 5.43. The van der Waals surface area contributed by atoms with E-state index >= 15 is 0 Å². The second-order valence-electron chi connectivity index (χ2n) is 8.83. The minimum atomic E-state index is -4.28. The van der Waals surface area contributed by atoms with Crippen molar-refractivity contribution in [2.75, 3.05) is 13.1 Å². The van der Waals surface area contributed by atoms with Gasteiger partial charge in [0.05, 0.1) is 10.4 Å². The maximum Gasteiger partial charge on any atom is 0.398 e. The summed E-state index contributed by atoms with van der Waals surface area (Å²) in [5.74, 6) is 1.61. The molecule has 1 aromatic carbocycles. The van der Waals surface area contributed by atoms with Crippen molar-refractivity contribution in [3.63, 3.8) is 0 Å². The Kier molecular flexibility index (Phi) is 5.21. The van der Waals surface area contributed by atoms with Crippen LogP contribution in [0.15, 0.2) is 42.6 Å². The van der Waals surface area contributed by atoms with Crippen molar-refractivity contribution in [1.29, 1.82) is 0 Å². The number of benzene rings is 1. The van der Waals surface area contributed by atoms with E-state index in [1.807, 2.05) is 21.6 Å². The third-order valence-corrected chi connectivity index (χ3v) is 7.22. The molecule has 2 aliphatic rings. The van der Waals surface area contributed by atoms with Crippen LogP contribution in [0.25, 0.3) is 5.65 Å². The third-order valence-electron chi connectivity index (χ3n) is 6.81. The minimum Gasteiger partial charge on any atom is -0.299 e. The van der Waals surface area contributed by atoms with Crippen molar-refractivity contribution in [1.82, 2.24) is 19.5 Å². The van der Waals surface area contributed by atoms with E-state index < -0.39 is 11.6 Å². The highest BCUT2D eigenvalue weighted by Gasteiger charge is 2.56. The van der Waals surface area contributed by atoms with Gasteiger partial charge in [-0.2, -0.15) is 13.2 Å². The first-order chi connectivity index (χ1) is 14.9. The number of nitrogens with zero attached hydrogens (tertiary/aromatic N) is 4. The molecule has 1 aliphatic carbocycles. The molecule has 0 spiro atoms. The Hall–Kier alpha value is -2.12. The smallest absolute Gasteiger partial charge is 0.299 e. The molecule has 2 fully saturated rings. The summed E-state index contributed by atoms with van der Waals surface area (Å²) in [5.41, 5.74) is 0.0659. The van der Waals surface area contributed by atoms with Crippen LogP contribution in [0.4, 0.5) is 13.2 Å². The Morgan fingerprint density at radius 1 is 1.03 bits per heavy atom. The molecule has 3 heterocycles. The lowest BCUT2D eigenvalue weighted by atomic mass is 9.72. The van der Waals surface area contributed by atoms with E-state index in [1.165, 1.54) is 12.8 Å². The second kappa shape index (κ2) is 7.78. The highest BCUT2D eigenvalue weighted by Crippen LogP contribution is 2.48. The molecule has 31 heavy (non-hydrogen) atoms. The molecule has 2 aromatic heterocycles. The Labute approximate surface area is 184 Å². The van der Waals surface area contributed by atoms with Gasteiger partial charge in [0.2, 0.25) is 0 Å². The molecule has 1 aliphatic heterocycles. The predicted molar refractivity (Wildman–Crippen MR) is 113 cm³/mol. The van der Waals surface area contributed by atoms with Crippen LogP contribution in [0.5, 0.6) is 0 Å². The van der Waals surface area contributed by atoms with Crippen LogP contribution in [-0.2, 0) is 18.4 Å². The van der Waals surface area contributed by atoms with E-state index in [0.29, 0.717) is 41.8 Å². The number of aromatic nitrogens is 3. The van der Waals surface area contributed by atoms with Gasteiger partial charge in [-0.1, -0.05) is 41.9 Å². The Balaban J connectivity index is 1.33. The number of hydrogen-bond acceptors (Lipinski definition) is 3. The lowest BCUT2D eigenvalue weighted by Gasteiger charge is -2.43. The van der Waals surface area contributed by atoms with Gasteiger partial charge in [-0.05, 0) is 61.9 Å². The summed E-state index contributed by atoms with van der Waals surface area (Å²) in [6.07, 6.45) is 1.10. The Bertz CT molecular complexity index is 1070. The summed E-state index contributed by atoms with van der Waals surface area (Å²) in [7, 11) is 0.